The van der Waals surface area contributed by atoms with Crippen molar-refractivity contribution in [3.63, 3.8) is 0 Å². The van der Waals surface area contributed by atoms with Crippen LogP contribution in [0.2, 0.25) is 0 Å². The van der Waals surface area contributed by atoms with Crippen LogP contribution in [0.1, 0.15) is 30.6 Å². The lowest BCUT2D eigenvalue weighted by Gasteiger charge is -2.23. The van der Waals surface area contributed by atoms with E-state index in [2.05, 4.69) is 20.8 Å². The van der Waals surface area contributed by atoms with E-state index in [1.165, 1.54) is 13.1 Å². The van der Waals surface area contributed by atoms with Gasteiger partial charge in [0.15, 0.2) is 11.6 Å². The van der Waals surface area contributed by atoms with Crippen LogP contribution in [0.5, 0.6) is 0 Å². The summed E-state index contributed by atoms with van der Waals surface area (Å²) >= 11 is 0. The molecule has 56 heavy (non-hydrogen) atoms. The highest BCUT2D eigenvalue weighted by atomic mass is 19.3. The number of benzene rings is 3. The molecule has 0 bridgehead atoms. The summed E-state index contributed by atoms with van der Waals surface area (Å²) in [5.74, 6) is -6.84. The van der Waals surface area contributed by atoms with Crippen molar-refractivity contribution in [2.24, 2.45) is 20.0 Å². The summed E-state index contributed by atoms with van der Waals surface area (Å²) in [6.07, 6.45) is -2.95. The van der Waals surface area contributed by atoms with E-state index in [0.29, 0.717) is 50.5 Å². The predicted molar refractivity (Wildman–Crippen MR) is 199 cm³/mol. The number of anilines is 2. The quantitative estimate of drug-likeness (QED) is 0.0760. The maximum absolute atomic E-state index is 15.1. The fourth-order valence-corrected chi connectivity index (χ4v) is 7.48. The van der Waals surface area contributed by atoms with Gasteiger partial charge in [0.2, 0.25) is 5.91 Å². The van der Waals surface area contributed by atoms with Gasteiger partial charge in [-0.3, -0.25) is 24.6 Å². The van der Waals surface area contributed by atoms with Crippen molar-refractivity contribution in [3.05, 3.63) is 95.0 Å². The number of rotatable bonds is 11. The van der Waals surface area contributed by atoms with E-state index in [1.54, 1.807) is 59.9 Å². The van der Waals surface area contributed by atoms with Crippen molar-refractivity contribution >= 4 is 45.1 Å². The number of halogens is 6. The summed E-state index contributed by atoms with van der Waals surface area (Å²) < 4.78 is 89.4. The van der Waals surface area contributed by atoms with Crippen LogP contribution >= 0.6 is 0 Å². The first-order valence-electron chi connectivity index (χ1n) is 17.3. The number of para-hydroxylation sites is 2. The van der Waals surface area contributed by atoms with E-state index in [-0.39, 0.29) is 29.2 Å². The maximum atomic E-state index is 15.1. The third kappa shape index (κ3) is 6.86. The molecule has 12 nitrogen and oxygen atoms in total. The molecular formula is C38H35F6N11O. The number of fused-ring (bicyclic) bond motifs is 2. The monoisotopic (exact) mass is 775 g/mol. The molecule has 0 fully saturated rings. The summed E-state index contributed by atoms with van der Waals surface area (Å²) in [6, 6.07) is 12.2. The molecule has 2 atom stereocenters. The molecule has 3 heterocycles. The average Bonchev–Trinajstić information content (AvgIpc) is 3.69. The Labute approximate surface area is 315 Å². The summed E-state index contributed by atoms with van der Waals surface area (Å²) in [5.41, 5.74) is 12.7. The number of hydrogen-bond donors (Lipinski definition) is 5. The average molecular weight is 776 g/mol. The van der Waals surface area contributed by atoms with Gasteiger partial charge in [0.25, 0.3) is 12.3 Å². The van der Waals surface area contributed by atoms with E-state index in [1.807, 2.05) is 0 Å². The first kappa shape index (κ1) is 37.8. The molecule has 7 N–H and O–H groups in total. The lowest BCUT2D eigenvalue weighted by molar-refractivity contribution is -0.121. The molecule has 290 valence electrons. The summed E-state index contributed by atoms with van der Waals surface area (Å²) in [6.45, 7) is 0.470. The first-order valence-corrected chi connectivity index (χ1v) is 17.3. The minimum atomic E-state index is -3.62. The molecule has 18 heteroatoms. The number of carbonyl (C=O) groups excluding carboxylic acids is 1. The third-order valence-electron chi connectivity index (χ3n) is 9.77. The van der Waals surface area contributed by atoms with Crippen LogP contribution in [0.25, 0.3) is 44.3 Å². The molecule has 1 aliphatic rings. The number of nitrogens with two attached hydrogens (primary N) is 2. The Morgan fingerprint density at radius 3 is 2.16 bits per heavy atom. The first-order chi connectivity index (χ1) is 26.5. The van der Waals surface area contributed by atoms with E-state index in [9.17, 15) is 22.4 Å². The predicted octanol–water partition coefficient (Wildman–Crippen LogP) is 6.23. The summed E-state index contributed by atoms with van der Waals surface area (Å²) in [7, 11) is 3.40. The molecule has 1 unspecified atom stereocenters. The van der Waals surface area contributed by atoms with Crippen LogP contribution in [-0.4, -0.2) is 60.0 Å². The Kier molecular flexibility index (Phi) is 9.67. The highest BCUT2D eigenvalue weighted by molar-refractivity contribution is 6.02. The largest absolute Gasteiger partial charge is 0.382 e. The second-order valence-electron chi connectivity index (χ2n) is 13.7. The van der Waals surface area contributed by atoms with Crippen LogP contribution in [-0.2, 0) is 25.3 Å². The van der Waals surface area contributed by atoms with Gasteiger partial charge in [0, 0.05) is 54.1 Å². The number of aromatic nitrogens is 6. The highest BCUT2D eigenvalue weighted by Crippen LogP contribution is 2.43. The molecule has 7 rings (SSSR count). The minimum Gasteiger partial charge on any atom is -0.382 e. The number of aryl methyl sites for hydroxylation is 2. The Hall–Kier alpha value is -6.46. The van der Waals surface area contributed by atoms with Crippen LogP contribution in [0.4, 0.5) is 38.0 Å². The van der Waals surface area contributed by atoms with E-state index in [0.717, 1.165) is 12.1 Å². The molecule has 0 spiro atoms. The number of hydrogen-bond acceptors (Lipinski definition) is 9. The number of alkyl halides is 4. The topological polar surface area (TPSA) is 178 Å². The van der Waals surface area contributed by atoms with Gasteiger partial charge in [-0.05, 0) is 42.2 Å². The van der Waals surface area contributed by atoms with Gasteiger partial charge in [0.05, 0.1) is 52.6 Å². The molecule has 1 amide bonds. The molecule has 0 aliphatic heterocycles. The van der Waals surface area contributed by atoms with Crippen LogP contribution < -0.4 is 22.1 Å². The second kappa shape index (κ2) is 14.3. The fourth-order valence-electron chi connectivity index (χ4n) is 7.48. The zero-order chi connectivity index (χ0) is 40.2. The Bertz CT molecular complexity index is 2560. The van der Waals surface area contributed by atoms with E-state index < -0.39 is 71.8 Å². The van der Waals surface area contributed by atoms with Crippen molar-refractivity contribution in [2.45, 2.75) is 38.2 Å². The van der Waals surface area contributed by atoms with Crippen molar-refractivity contribution in [2.75, 3.05) is 18.0 Å². The van der Waals surface area contributed by atoms with Crippen molar-refractivity contribution in [1.82, 2.24) is 40.2 Å². The molecular weight excluding hydrogens is 740 g/mol. The fraction of sp³-hybridized carbons (Fsp3) is 0.263. The van der Waals surface area contributed by atoms with Gasteiger partial charge in [-0.2, -0.15) is 19.0 Å². The van der Waals surface area contributed by atoms with E-state index >= 15 is 8.78 Å². The standard InChI is InChI=1S/C38H35F6N11O/c1-17-14-38(43,44)34(28(17)29(45)35(41)42)49-16-27(56)50-25(12-18-10-19(39)13-20(40)11-18)31-30(22-7-5-9-24-33(22)55(3)53-37(24)47)51-26(15-48-31)21-6-4-8-23-32(21)54(2)52-36(23)46/h4-11,13,15,17,25,35,45,49H,12,14,16H2,1-3H3,(H2,46,52)(H2,47,53)(H,50,56)/t17-,25?/m0/s1. The zero-order valence-electron chi connectivity index (χ0n) is 30.1. The molecule has 0 radical (unpaired) electrons. The van der Waals surface area contributed by atoms with Crippen molar-refractivity contribution in [3.8, 4) is 22.5 Å². The third-order valence-corrected chi connectivity index (χ3v) is 9.77. The number of carbonyl (C=O) groups is 1. The van der Waals surface area contributed by atoms with Crippen LogP contribution in [0.15, 0.2) is 72.1 Å². The number of nitrogens with zero attached hydrogens (tertiary/aromatic N) is 6. The molecule has 1 aliphatic carbocycles. The maximum Gasteiger partial charge on any atom is 0.288 e. The van der Waals surface area contributed by atoms with Gasteiger partial charge in [-0.15, -0.1) is 0 Å². The normalized spacial score (nSPS) is 15.9. The number of nitrogens with one attached hydrogen (secondary N) is 3. The smallest absolute Gasteiger partial charge is 0.288 e. The second-order valence-corrected chi connectivity index (χ2v) is 13.7. The molecule has 0 saturated carbocycles. The molecule has 6 aromatic rings. The van der Waals surface area contributed by atoms with Gasteiger partial charge >= 0.3 is 0 Å². The van der Waals surface area contributed by atoms with Crippen molar-refractivity contribution < 1.29 is 31.1 Å². The lowest BCUT2D eigenvalue weighted by atomic mass is 9.96. The Balaban J connectivity index is 1.37. The molecule has 0 saturated heterocycles. The van der Waals surface area contributed by atoms with Gasteiger partial charge in [-0.1, -0.05) is 31.2 Å². The SMILES string of the molecule is C[C@H]1CC(F)(F)C(NCC(=O)NC(Cc2cc(F)cc(F)c2)c2ncc(-c3cccc4c(N)nn(C)c34)nc2-c2cccc3c(N)nn(C)c23)=C1C(=N)C(F)F. The zero-order valence-corrected chi connectivity index (χ0v) is 30.1. The van der Waals surface area contributed by atoms with Crippen LogP contribution in [0, 0.1) is 23.0 Å². The summed E-state index contributed by atoms with van der Waals surface area (Å²) in [4.78, 5) is 23.6. The van der Waals surface area contributed by atoms with Gasteiger partial charge in [-0.25, -0.2) is 22.5 Å². The Morgan fingerprint density at radius 1 is 0.964 bits per heavy atom. The number of nitrogen functional groups attached to an aromatic ring is 2. The Morgan fingerprint density at radius 2 is 1.55 bits per heavy atom. The summed E-state index contributed by atoms with van der Waals surface area (Å²) in [5, 5.41) is 22.8. The lowest BCUT2D eigenvalue weighted by Crippen LogP contribution is -2.40. The molecule has 3 aromatic heterocycles. The van der Waals surface area contributed by atoms with Crippen molar-refractivity contribution in [1.29, 1.82) is 5.41 Å². The van der Waals surface area contributed by atoms with Gasteiger partial charge < -0.3 is 22.1 Å². The number of amides is 1. The van der Waals surface area contributed by atoms with Crippen LogP contribution in [0.3, 0.4) is 0 Å². The van der Waals surface area contributed by atoms with Gasteiger partial charge in [0.1, 0.15) is 17.3 Å². The number of allylic oxidation sites excluding steroid dienone is 2. The minimum absolute atomic E-state index is 0.113. The van der Waals surface area contributed by atoms with E-state index in [4.69, 9.17) is 26.8 Å². The molecule has 3 aromatic carbocycles. The highest BCUT2D eigenvalue weighted by Gasteiger charge is 2.48.